The van der Waals surface area contributed by atoms with Gasteiger partial charge in [0.25, 0.3) is 0 Å². The van der Waals surface area contributed by atoms with Crippen LogP contribution in [0.2, 0.25) is 0 Å². The van der Waals surface area contributed by atoms with Crippen LogP contribution in [0.1, 0.15) is 12.5 Å². The number of carbonyl (C=O) groups excluding carboxylic acids is 1. The Hall–Kier alpha value is -3.50. The number of nitrogens with one attached hydrogen (secondary N) is 2. The van der Waals surface area contributed by atoms with E-state index in [2.05, 4.69) is 20.6 Å². The van der Waals surface area contributed by atoms with Crippen molar-refractivity contribution in [3.05, 3.63) is 54.0 Å². The molecule has 0 aliphatic carbocycles. The minimum atomic E-state index is -4.42. The molecule has 11 heteroatoms. The number of carbonyl (C=O) groups is 1. The molecule has 0 saturated carbocycles. The van der Waals surface area contributed by atoms with Gasteiger partial charge in [0.05, 0.1) is 11.6 Å². The SMILES string of the molecule is CC(Nc1nccc(N2CCN(C)C2=O)n1)/C(N)=C/Nc1cccc(C(F)(F)F)c1. The molecule has 1 atom stereocenters. The highest BCUT2D eigenvalue weighted by molar-refractivity contribution is 5.93. The summed E-state index contributed by atoms with van der Waals surface area (Å²) in [5.74, 6) is 0.747. The van der Waals surface area contributed by atoms with E-state index in [1.807, 2.05) is 0 Å². The molecule has 1 aliphatic rings. The molecule has 1 fully saturated rings. The summed E-state index contributed by atoms with van der Waals surface area (Å²) in [7, 11) is 1.72. The largest absolute Gasteiger partial charge is 0.416 e. The van der Waals surface area contributed by atoms with Gasteiger partial charge in [-0.1, -0.05) is 6.07 Å². The van der Waals surface area contributed by atoms with E-state index < -0.39 is 17.8 Å². The van der Waals surface area contributed by atoms with Gasteiger partial charge < -0.3 is 21.3 Å². The number of anilines is 3. The van der Waals surface area contributed by atoms with Crippen LogP contribution in [0.25, 0.3) is 0 Å². The topological polar surface area (TPSA) is 99.4 Å². The lowest BCUT2D eigenvalue weighted by atomic mass is 10.2. The van der Waals surface area contributed by atoms with Gasteiger partial charge in [-0.25, -0.2) is 9.78 Å². The zero-order chi connectivity index (χ0) is 21.9. The van der Waals surface area contributed by atoms with E-state index in [1.165, 1.54) is 24.5 Å². The van der Waals surface area contributed by atoms with Crippen molar-refractivity contribution in [3.63, 3.8) is 0 Å². The maximum atomic E-state index is 12.8. The number of benzene rings is 1. The van der Waals surface area contributed by atoms with Gasteiger partial charge in [-0.05, 0) is 31.2 Å². The molecule has 0 bridgehead atoms. The van der Waals surface area contributed by atoms with Crippen LogP contribution < -0.4 is 21.3 Å². The van der Waals surface area contributed by atoms with Crippen LogP contribution >= 0.6 is 0 Å². The molecular weight excluding hydrogens is 399 g/mol. The van der Waals surface area contributed by atoms with Gasteiger partial charge in [-0.15, -0.1) is 0 Å². The lowest BCUT2D eigenvalue weighted by Crippen LogP contribution is -2.30. The molecule has 0 spiro atoms. The van der Waals surface area contributed by atoms with E-state index in [0.717, 1.165) is 12.1 Å². The second-order valence-corrected chi connectivity index (χ2v) is 6.83. The Balaban J connectivity index is 1.65. The van der Waals surface area contributed by atoms with Crippen LogP contribution in [-0.2, 0) is 6.18 Å². The summed E-state index contributed by atoms with van der Waals surface area (Å²) in [6, 6.07) is 5.89. The molecule has 2 heterocycles. The highest BCUT2D eigenvalue weighted by atomic mass is 19.4. The average Bonchev–Trinajstić information content (AvgIpc) is 3.04. The summed E-state index contributed by atoms with van der Waals surface area (Å²) in [5, 5.41) is 5.78. The van der Waals surface area contributed by atoms with Crippen molar-refractivity contribution in [1.82, 2.24) is 14.9 Å². The van der Waals surface area contributed by atoms with Crippen molar-refractivity contribution in [2.45, 2.75) is 19.1 Å². The lowest BCUT2D eigenvalue weighted by Gasteiger charge is -2.18. The number of aromatic nitrogens is 2. The van der Waals surface area contributed by atoms with Crippen molar-refractivity contribution < 1.29 is 18.0 Å². The van der Waals surface area contributed by atoms with Crippen molar-refractivity contribution in [2.24, 2.45) is 5.73 Å². The molecule has 1 aromatic heterocycles. The first-order valence-corrected chi connectivity index (χ1v) is 9.16. The number of hydrogen-bond acceptors (Lipinski definition) is 6. The predicted octanol–water partition coefficient (Wildman–Crippen LogP) is 3.08. The van der Waals surface area contributed by atoms with Crippen molar-refractivity contribution in [3.8, 4) is 0 Å². The monoisotopic (exact) mass is 421 g/mol. The summed E-state index contributed by atoms with van der Waals surface area (Å²) < 4.78 is 38.4. The van der Waals surface area contributed by atoms with Crippen LogP contribution in [0.4, 0.5) is 35.4 Å². The molecule has 4 N–H and O–H groups in total. The van der Waals surface area contributed by atoms with Gasteiger partial charge >= 0.3 is 12.2 Å². The van der Waals surface area contributed by atoms with Gasteiger partial charge in [0.15, 0.2) is 0 Å². The van der Waals surface area contributed by atoms with E-state index in [0.29, 0.717) is 24.6 Å². The molecule has 3 rings (SSSR count). The third-order valence-corrected chi connectivity index (χ3v) is 4.57. The fourth-order valence-corrected chi connectivity index (χ4v) is 2.78. The molecule has 0 radical (unpaired) electrons. The van der Waals surface area contributed by atoms with Crippen LogP contribution in [0.3, 0.4) is 0 Å². The number of likely N-dealkylation sites (N-methyl/N-ethyl adjacent to an activating group) is 1. The van der Waals surface area contributed by atoms with Gasteiger partial charge in [0.1, 0.15) is 5.82 Å². The first kappa shape index (κ1) is 21.2. The van der Waals surface area contributed by atoms with Crippen molar-refractivity contribution in [2.75, 3.05) is 35.7 Å². The number of hydrogen-bond donors (Lipinski definition) is 3. The highest BCUT2D eigenvalue weighted by Crippen LogP contribution is 2.30. The van der Waals surface area contributed by atoms with Gasteiger partial charge in [0.2, 0.25) is 5.95 Å². The zero-order valence-electron chi connectivity index (χ0n) is 16.4. The van der Waals surface area contributed by atoms with Gasteiger partial charge in [0, 0.05) is 43.9 Å². The fraction of sp³-hybridized carbons (Fsp3) is 0.316. The Labute approximate surface area is 171 Å². The van der Waals surface area contributed by atoms with E-state index >= 15 is 0 Å². The van der Waals surface area contributed by atoms with E-state index in [1.54, 1.807) is 29.8 Å². The number of halogens is 3. The van der Waals surface area contributed by atoms with E-state index in [9.17, 15) is 18.0 Å². The average molecular weight is 421 g/mol. The molecule has 2 aromatic rings. The minimum absolute atomic E-state index is 0.141. The molecule has 1 unspecified atom stereocenters. The third-order valence-electron chi connectivity index (χ3n) is 4.57. The van der Waals surface area contributed by atoms with Crippen molar-refractivity contribution >= 4 is 23.5 Å². The number of rotatable bonds is 6. The van der Waals surface area contributed by atoms with Crippen molar-refractivity contribution in [1.29, 1.82) is 0 Å². The molecule has 8 nitrogen and oxygen atoms in total. The van der Waals surface area contributed by atoms with Gasteiger partial charge in [-0.2, -0.15) is 18.2 Å². The summed E-state index contributed by atoms with van der Waals surface area (Å²) in [6.07, 6.45) is -1.48. The molecule has 30 heavy (non-hydrogen) atoms. The fourth-order valence-electron chi connectivity index (χ4n) is 2.78. The van der Waals surface area contributed by atoms with Crippen LogP contribution in [-0.4, -0.2) is 47.1 Å². The summed E-state index contributed by atoms with van der Waals surface area (Å²) >= 11 is 0. The standard InChI is InChI=1S/C19H22F3N7O/c1-12(15(23)11-25-14-5-3-4-13(10-14)19(20,21)22)26-17-24-7-6-16(27-17)29-9-8-28(2)18(29)30/h3-7,10-12,25H,8-9,23H2,1-2H3,(H,24,26,27)/b15-11-. The Morgan fingerprint density at radius 1 is 1.30 bits per heavy atom. The lowest BCUT2D eigenvalue weighted by molar-refractivity contribution is -0.137. The van der Waals surface area contributed by atoms with Crippen LogP contribution in [0.15, 0.2) is 48.4 Å². The third kappa shape index (κ3) is 4.91. The molecular formula is C19H22F3N7O. The summed E-state index contributed by atoms with van der Waals surface area (Å²) in [5.41, 5.74) is 5.86. The maximum Gasteiger partial charge on any atom is 0.416 e. The number of amides is 2. The molecule has 160 valence electrons. The maximum absolute atomic E-state index is 12.8. The molecule has 1 aromatic carbocycles. The smallest absolute Gasteiger partial charge is 0.399 e. The highest BCUT2D eigenvalue weighted by Gasteiger charge is 2.30. The molecule has 2 amide bonds. The second-order valence-electron chi connectivity index (χ2n) is 6.83. The van der Waals surface area contributed by atoms with E-state index in [-0.39, 0.29) is 17.7 Å². The Morgan fingerprint density at radius 2 is 2.07 bits per heavy atom. The quantitative estimate of drug-likeness (QED) is 0.663. The number of urea groups is 1. The Morgan fingerprint density at radius 3 is 2.73 bits per heavy atom. The molecule has 1 aliphatic heterocycles. The summed E-state index contributed by atoms with van der Waals surface area (Å²) in [4.78, 5) is 23.7. The molecule has 1 saturated heterocycles. The van der Waals surface area contributed by atoms with Gasteiger partial charge in [-0.3, -0.25) is 4.90 Å². The Kier molecular flexibility index (Phi) is 5.99. The zero-order valence-corrected chi connectivity index (χ0v) is 16.4. The first-order valence-electron chi connectivity index (χ1n) is 9.16. The second kappa shape index (κ2) is 8.47. The predicted molar refractivity (Wildman–Crippen MR) is 108 cm³/mol. The first-order chi connectivity index (χ1) is 14.1. The van der Waals surface area contributed by atoms with Crippen LogP contribution in [0.5, 0.6) is 0 Å². The number of nitrogens with two attached hydrogens (primary N) is 1. The van der Waals surface area contributed by atoms with Crippen LogP contribution in [0, 0.1) is 0 Å². The minimum Gasteiger partial charge on any atom is -0.399 e. The normalized spacial score (nSPS) is 16.0. The number of alkyl halides is 3. The number of nitrogens with zero attached hydrogens (tertiary/aromatic N) is 4. The Bertz CT molecular complexity index is 948. The van der Waals surface area contributed by atoms with E-state index in [4.69, 9.17) is 5.73 Å². The summed E-state index contributed by atoms with van der Waals surface area (Å²) in [6.45, 7) is 2.90.